The molecule has 0 aliphatic rings. The van der Waals surface area contributed by atoms with E-state index in [0.717, 1.165) is 0 Å². The highest BCUT2D eigenvalue weighted by Crippen LogP contribution is 2.32. The lowest BCUT2D eigenvalue weighted by atomic mass is 10.3. The molecule has 8 heteroatoms. The number of benzene rings is 1. The van der Waals surface area contributed by atoms with Crippen LogP contribution in [-0.4, -0.2) is 25.8 Å². The first-order chi connectivity index (χ1) is 8.75. The van der Waals surface area contributed by atoms with Crippen molar-refractivity contribution in [2.75, 3.05) is 16.8 Å². The summed E-state index contributed by atoms with van der Waals surface area (Å²) in [5.74, 6) is -1.63. The number of anilines is 1. The van der Waals surface area contributed by atoms with Gasteiger partial charge in [-0.15, -0.1) is 6.58 Å². The van der Waals surface area contributed by atoms with Crippen LogP contribution in [0.25, 0.3) is 0 Å². The fourth-order valence-corrected chi connectivity index (χ4v) is 2.79. The van der Waals surface area contributed by atoms with Crippen LogP contribution < -0.4 is 5.32 Å². The number of nitrogens with one attached hydrogen (secondary N) is 1. The zero-order chi connectivity index (χ0) is 14.6. The van der Waals surface area contributed by atoms with Gasteiger partial charge in [0.2, 0.25) is 5.91 Å². The third kappa shape index (κ3) is 5.03. The summed E-state index contributed by atoms with van der Waals surface area (Å²) in [4.78, 5) is 11.6. The van der Waals surface area contributed by atoms with E-state index in [0.29, 0.717) is 0 Å². The number of sulfone groups is 1. The lowest BCUT2D eigenvalue weighted by molar-refractivity contribution is -0.113. The van der Waals surface area contributed by atoms with Gasteiger partial charge in [0.05, 0.1) is 26.5 Å². The Hall–Kier alpha value is -0.750. The van der Waals surface area contributed by atoms with Gasteiger partial charge in [-0.25, -0.2) is 8.42 Å². The number of hydrogen-bond acceptors (Lipinski definition) is 3. The van der Waals surface area contributed by atoms with Crippen LogP contribution in [0.4, 0.5) is 5.69 Å². The van der Waals surface area contributed by atoms with Crippen molar-refractivity contribution in [1.29, 1.82) is 0 Å². The summed E-state index contributed by atoms with van der Waals surface area (Å²) in [6.45, 7) is 3.31. The summed E-state index contributed by atoms with van der Waals surface area (Å²) < 4.78 is 22.8. The number of carbonyl (C=O) groups excluding carboxylic acids is 1. The van der Waals surface area contributed by atoms with Gasteiger partial charge in [-0.3, -0.25) is 4.79 Å². The zero-order valence-corrected chi connectivity index (χ0v) is 12.7. The fourth-order valence-electron chi connectivity index (χ4n) is 1.24. The van der Waals surface area contributed by atoms with E-state index in [-0.39, 0.29) is 26.5 Å². The molecule has 0 bridgehead atoms. The first-order valence-corrected chi connectivity index (χ1v) is 7.96. The van der Waals surface area contributed by atoms with E-state index in [1.54, 1.807) is 0 Å². The monoisotopic (exact) mass is 341 g/mol. The highest BCUT2D eigenvalue weighted by molar-refractivity contribution is 7.92. The van der Waals surface area contributed by atoms with Crippen LogP contribution in [0.15, 0.2) is 24.8 Å². The van der Waals surface area contributed by atoms with Crippen molar-refractivity contribution in [3.05, 3.63) is 39.9 Å². The van der Waals surface area contributed by atoms with Crippen molar-refractivity contribution in [3.8, 4) is 0 Å². The first-order valence-electron chi connectivity index (χ1n) is 5.01. The number of rotatable bonds is 5. The van der Waals surface area contributed by atoms with Crippen LogP contribution in [0, 0.1) is 0 Å². The lowest BCUT2D eigenvalue weighted by Crippen LogP contribution is -2.24. The van der Waals surface area contributed by atoms with Crippen molar-refractivity contribution < 1.29 is 13.2 Å². The molecule has 0 fully saturated rings. The molecule has 1 aromatic carbocycles. The van der Waals surface area contributed by atoms with Gasteiger partial charge in [0.25, 0.3) is 0 Å². The molecule has 0 atom stereocenters. The molecule has 0 heterocycles. The van der Waals surface area contributed by atoms with E-state index in [2.05, 4.69) is 11.9 Å². The smallest absolute Gasteiger partial charge is 0.239 e. The highest BCUT2D eigenvalue weighted by atomic mass is 35.5. The number of amides is 1. The Morgan fingerprint density at radius 1 is 1.21 bits per heavy atom. The minimum atomic E-state index is -3.51. The summed E-state index contributed by atoms with van der Waals surface area (Å²) in [6.07, 6.45) is 1.22. The normalized spacial score (nSPS) is 11.1. The number of carbonyl (C=O) groups is 1. The summed E-state index contributed by atoms with van der Waals surface area (Å²) in [6, 6.07) is 2.71. The topological polar surface area (TPSA) is 63.2 Å². The molecule has 0 aliphatic carbocycles. The van der Waals surface area contributed by atoms with Crippen molar-refractivity contribution >= 4 is 56.2 Å². The fraction of sp³-hybridized carbons (Fsp3) is 0.182. The van der Waals surface area contributed by atoms with Crippen molar-refractivity contribution in [3.63, 3.8) is 0 Å². The van der Waals surface area contributed by atoms with E-state index < -0.39 is 21.5 Å². The molecule has 0 saturated heterocycles. The largest absolute Gasteiger partial charge is 0.324 e. The number of halogens is 3. The highest BCUT2D eigenvalue weighted by Gasteiger charge is 2.16. The molecule has 1 rings (SSSR count). The molecule has 0 saturated carbocycles. The molecule has 104 valence electrons. The lowest BCUT2D eigenvalue weighted by Gasteiger charge is -2.08. The molecular formula is C11H10Cl3NO3S. The zero-order valence-electron chi connectivity index (χ0n) is 9.62. The van der Waals surface area contributed by atoms with Crippen molar-refractivity contribution in [2.24, 2.45) is 0 Å². The molecule has 1 aromatic rings. The summed E-state index contributed by atoms with van der Waals surface area (Å²) in [7, 11) is -3.51. The third-order valence-corrected chi connectivity index (χ3v) is 4.49. The molecule has 1 amide bonds. The van der Waals surface area contributed by atoms with Crippen LogP contribution in [-0.2, 0) is 14.6 Å². The average Bonchev–Trinajstić information content (AvgIpc) is 2.24. The predicted octanol–water partition coefficient (Wildman–Crippen LogP) is 3.19. The molecule has 0 aliphatic heterocycles. The van der Waals surface area contributed by atoms with Crippen LogP contribution >= 0.6 is 34.8 Å². The molecule has 4 nitrogen and oxygen atoms in total. The SMILES string of the molecule is C=CCS(=O)(=O)CC(=O)Nc1cc(Cl)c(Cl)cc1Cl. The van der Waals surface area contributed by atoms with Gasteiger partial charge < -0.3 is 5.32 Å². The van der Waals surface area contributed by atoms with Gasteiger partial charge in [0, 0.05) is 0 Å². The van der Waals surface area contributed by atoms with Gasteiger partial charge >= 0.3 is 0 Å². The Bertz CT molecular complexity index is 614. The standard InChI is InChI=1S/C11H10Cl3NO3S/c1-2-3-19(17,18)6-11(16)15-10-5-8(13)7(12)4-9(10)14/h2,4-5H,1,3,6H2,(H,15,16). The molecule has 0 radical (unpaired) electrons. The van der Waals surface area contributed by atoms with E-state index in [1.807, 2.05) is 0 Å². The predicted molar refractivity (Wildman–Crippen MR) is 79.0 cm³/mol. The maximum Gasteiger partial charge on any atom is 0.239 e. The second-order valence-electron chi connectivity index (χ2n) is 3.64. The van der Waals surface area contributed by atoms with Crippen LogP contribution in [0.1, 0.15) is 0 Å². The second kappa shape index (κ2) is 6.61. The molecule has 0 spiro atoms. The molecule has 0 aromatic heterocycles. The average molecular weight is 343 g/mol. The maximum atomic E-state index is 11.6. The quantitative estimate of drug-likeness (QED) is 0.660. The Morgan fingerprint density at radius 2 is 1.79 bits per heavy atom. The van der Waals surface area contributed by atoms with E-state index in [1.165, 1.54) is 18.2 Å². The first kappa shape index (κ1) is 16.3. The molecule has 19 heavy (non-hydrogen) atoms. The van der Waals surface area contributed by atoms with E-state index in [4.69, 9.17) is 34.8 Å². The van der Waals surface area contributed by atoms with Gasteiger partial charge in [-0.2, -0.15) is 0 Å². The summed E-state index contributed by atoms with van der Waals surface area (Å²) in [5, 5.41) is 2.98. The molecular weight excluding hydrogens is 333 g/mol. The Kier molecular flexibility index (Phi) is 5.67. The number of hydrogen-bond donors (Lipinski definition) is 1. The minimum absolute atomic E-state index is 0.170. The Balaban J connectivity index is 2.84. The second-order valence-corrected chi connectivity index (χ2v) is 6.97. The van der Waals surface area contributed by atoms with Crippen LogP contribution in [0.5, 0.6) is 0 Å². The Labute approximate surface area is 126 Å². The maximum absolute atomic E-state index is 11.6. The third-order valence-electron chi connectivity index (χ3n) is 2.01. The summed E-state index contributed by atoms with van der Waals surface area (Å²) in [5.41, 5.74) is 0.204. The van der Waals surface area contributed by atoms with Gasteiger partial charge in [0.15, 0.2) is 9.84 Å². The van der Waals surface area contributed by atoms with Crippen LogP contribution in [0.3, 0.4) is 0 Å². The minimum Gasteiger partial charge on any atom is -0.324 e. The molecule has 0 unspecified atom stereocenters. The van der Waals surface area contributed by atoms with Crippen molar-refractivity contribution in [2.45, 2.75) is 0 Å². The van der Waals surface area contributed by atoms with Gasteiger partial charge in [-0.05, 0) is 12.1 Å². The summed E-state index contributed by atoms with van der Waals surface area (Å²) >= 11 is 17.4. The Morgan fingerprint density at radius 3 is 2.37 bits per heavy atom. The van der Waals surface area contributed by atoms with Crippen LogP contribution in [0.2, 0.25) is 15.1 Å². The van der Waals surface area contributed by atoms with E-state index in [9.17, 15) is 13.2 Å². The van der Waals surface area contributed by atoms with Gasteiger partial charge in [-0.1, -0.05) is 40.9 Å². The van der Waals surface area contributed by atoms with E-state index >= 15 is 0 Å². The van der Waals surface area contributed by atoms with Gasteiger partial charge in [0.1, 0.15) is 5.75 Å². The van der Waals surface area contributed by atoms with Crippen molar-refractivity contribution in [1.82, 2.24) is 0 Å². The molecule has 1 N–H and O–H groups in total.